The Balaban J connectivity index is 2.44. The van der Waals surface area contributed by atoms with E-state index in [-0.39, 0.29) is 11.5 Å². The van der Waals surface area contributed by atoms with Crippen molar-refractivity contribution in [3.8, 4) is 5.75 Å². The molecule has 0 fully saturated rings. The number of benzene rings is 1. The lowest BCUT2D eigenvalue weighted by Gasteiger charge is -2.09. The number of nitrogen functional groups attached to an aromatic ring is 1. The van der Waals surface area contributed by atoms with Crippen molar-refractivity contribution >= 4 is 15.5 Å². The summed E-state index contributed by atoms with van der Waals surface area (Å²) in [4.78, 5) is 0. The van der Waals surface area contributed by atoms with Crippen LogP contribution < -0.4 is 10.5 Å². The van der Waals surface area contributed by atoms with Crippen molar-refractivity contribution in [1.82, 2.24) is 0 Å². The maximum atomic E-state index is 11.3. The Morgan fingerprint density at radius 3 is 2.71 bits per heavy atom. The van der Waals surface area contributed by atoms with Crippen LogP contribution in [0.4, 0.5) is 5.69 Å². The predicted octanol–water partition coefficient (Wildman–Crippen LogP) is 1.78. The molecular formula is C12H19NO3S. The minimum absolute atomic E-state index is 0.162. The van der Waals surface area contributed by atoms with Gasteiger partial charge in [0.05, 0.1) is 18.0 Å². The molecule has 17 heavy (non-hydrogen) atoms. The zero-order valence-electron chi connectivity index (χ0n) is 10.3. The third-order valence-electron chi connectivity index (χ3n) is 2.47. The summed E-state index contributed by atoms with van der Waals surface area (Å²) in [6, 6.07) is 5.54. The van der Waals surface area contributed by atoms with Gasteiger partial charge in [-0.1, -0.05) is 13.0 Å². The third kappa shape index (κ3) is 4.65. The van der Waals surface area contributed by atoms with Gasteiger partial charge in [-0.3, -0.25) is 0 Å². The molecule has 1 aromatic rings. The lowest BCUT2D eigenvalue weighted by Crippen LogP contribution is -2.12. The van der Waals surface area contributed by atoms with Crippen molar-refractivity contribution in [3.05, 3.63) is 23.8 Å². The summed E-state index contributed by atoms with van der Waals surface area (Å²) >= 11 is 0. The Labute approximate surface area is 103 Å². The van der Waals surface area contributed by atoms with Gasteiger partial charge in [-0.2, -0.15) is 0 Å². The largest absolute Gasteiger partial charge is 0.491 e. The topological polar surface area (TPSA) is 69.4 Å². The summed E-state index contributed by atoms with van der Waals surface area (Å²) in [5.41, 5.74) is 7.38. The van der Waals surface area contributed by atoms with E-state index in [1.165, 1.54) is 0 Å². The molecule has 2 N–H and O–H groups in total. The number of anilines is 1. The Morgan fingerprint density at radius 1 is 1.35 bits per heavy atom. The second kappa shape index (κ2) is 5.91. The van der Waals surface area contributed by atoms with Crippen molar-refractivity contribution in [2.75, 3.05) is 23.8 Å². The highest BCUT2D eigenvalue weighted by Crippen LogP contribution is 2.22. The molecule has 0 unspecified atom stereocenters. The zero-order valence-corrected chi connectivity index (χ0v) is 11.1. The van der Waals surface area contributed by atoms with E-state index in [1.807, 2.05) is 19.1 Å². The molecule has 0 bridgehead atoms. The van der Waals surface area contributed by atoms with Crippen LogP contribution in [0.25, 0.3) is 0 Å². The van der Waals surface area contributed by atoms with Crippen molar-refractivity contribution in [2.45, 2.75) is 20.3 Å². The van der Waals surface area contributed by atoms with Crippen LogP contribution in [-0.4, -0.2) is 26.5 Å². The molecule has 0 aliphatic carbocycles. The summed E-state index contributed by atoms with van der Waals surface area (Å²) in [5.74, 6) is 0.966. The summed E-state index contributed by atoms with van der Waals surface area (Å²) in [6.45, 7) is 3.97. The average molecular weight is 257 g/mol. The van der Waals surface area contributed by atoms with Crippen molar-refractivity contribution < 1.29 is 13.2 Å². The van der Waals surface area contributed by atoms with E-state index in [4.69, 9.17) is 10.5 Å². The molecule has 5 heteroatoms. The van der Waals surface area contributed by atoms with Crippen LogP contribution >= 0.6 is 0 Å². The number of ether oxygens (including phenoxy) is 1. The highest BCUT2D eigenvalue weighted by Gasteiger charge is 2.07. The molecule has 4 nitrogen and oxygen atoms in total. The Hall–Kier alpha value is -1.23. The minimum atomic E-state index is -2.90. The van der Waals surface area contributed by atoms with Gasteiger partial charge in [0.1, 0.15) is 15.6 Å². The van der Waals surface area contributed by atoms with Gasteiger partial charge in [0.2, 0.25) is 0 Å². The normalized spacial score (nSPS) is 11.4. The number of nitrogens with two attached hydrogens (primary N) is 1. The van der Waals surface area contributed by atoms with E-state index >= 15 is 0 Å². The zero-order chi connectivity index (χ0) is 12.9. The smallest absolute Gasteiger partial charge is 0.150 e. The fraction of sp³-hybridized carbons (Fsp3) is 0.500. The van der Waals surface area contributed by atoms with Gasteiger partial charge >= 0.3 is 0 Å². The third-order valence-corrected chi connectivity index (χ3v) is 4.26. The number of hydrogen-bond donors (Lipinski definition) is 1. The monoisotopic (exact) mass is 257 g/mol. The maximum absolute atomic E-state index is 11.3. The van der Waals surface area contributed by atoms with Crippen molar-refractivity contribution in [2.24, 2.45) is 0 Å². The molecule has 0 aliphatic rings. The maximum Gasteiger partial charge on any atom is 0.150 e. The first-order chi connectivity index (χ1) is 7.94. The molecule has 0 aliphatic heterocycles. The number of aryl methyl sites for hydroxylation is 1. The number of hydrogen-bond acceptors (Lipinski definition) is 4. The van der Waals surface area contributed by atoms with Gasteiger partial charge in [0.15, 0.2) is 0 Å². The van der Waals surface area contributed by atoms with Crippen LogP contribution in [0.5, 0.6) is 5.75 Å². The first kappa shape index (κ1) is 13.8. The van der Waals surface area contributed by atoms with E-state index in [0.29, 0.717) is 24.5 Å². The SMILES string of the molecule is CCS(=O)(=O)CCCOc1cc(C)ccc1N. The van der Waals surface area contributed by atoms with Gasteiger partial charge in [-0.05, 0) is 31.0 Å². The standard InChI is InChI=1S/C12H19NO3S/c1-3-17(14,15)8-4-7-16-12-9-10(2)5-6-11(12)13/h5-6,9H,3-4,7-8,13H2,1-2H3. The van der Waals surface area contributed by atoms with Crippen LogP contribution in [0.2, 0.25) is 0 Å². The second-order valence-corrected chi connectivity index (χ2v) is 6.45. The molecule has 0 spiro atoms. The fourth-order valence-corrected chi connectivity index (χ4v) is 2.22. The molecular weight excluding hydrogens is 238 g/mol. The lowest BCUT2D eigenvalue weighted by atomic mass is 10.2. The molecule has 1 aromatic carbocycles. The highest BCUT2D eigenvalue weighted by atomic mass is 32.2. The van der Waals surface area contributed by atoms with Gasteiger partial charge in [-0.15, -0.1) is 0 Å². The molecule has 0 aromatic heterocycles. The van der Waals surface area contributed by atoms with Crippen molar-refractivity contribution in [1.29, 1.82) is 0 Å². The van der Waals surface area contributed by atoms with Crippen LogP contribution in [-0.2, 0) is 9.84 Å². The molecule has 0 saturated heterocycles. The first-order valence-corrected chi connectivity index (χ1v) is 7.46. The number of rotatable bonds is 6. The second-order valence-electron chi connectivity index (χ2n) is 3.98. The lowest BCUT2D eigenvalue weighted by molar-refractivity contribution is 0.319. The van der Waals surface area contributed by atoms with E-state index in [9.17, 15) is 8.42 Å². The number of sulfone groups is 1. The van der Waals surface area contributed by atoms with Crippen molar-refractivity contribution in [3.63, 3.8) is 0 Å². The summed E-state index contributed by atoms with van der Waals surface area (Å²) in [6.07, 6.45) is 0.490. The quantitative estimate of drug-likeness (QED) is 0.623. The Morgan fingerprint density at radius 2 is 2.06 bits per heavy atom. The summed E-state index contributed by atoms with van der Waals surface area (Å²) < 4.78 is 28.0. The van der Waals surface area contributed by atoms with E-state index in [1.54, 1.807) is 13.0 Å². The first-order valence-electron chi connectivity index (χ1n) is 5.64. The minimum Gasteiger partial charge on any atom is -0.491 e. The molecule has 96 valence electrons. The Bertz CT molecular complexity index is 469. The highest BCUT2D eigenvalue weighted by molar-refractivity contribution is 7.91. The molecule has 0 saturated carbocycles. The van der Waals surface area contributed by atoms with Gasteiger partial charge in [-0.25, -0.2) is 8.42 Å². The van der Waals surface area contributed by atoms with Crippen LogP contribution in [0.1, 0.15) is 18.9 Å². The van der Waals surface area contributed by atoms with Crippen LogP contribution in [0.15, 0.2) is 18.2 Å². The van der Waals surface area contributed by atoms with Crippen LogP contribution in [0.3, 0.4) is 0 Å². The molecule has 0 heterocycles. The predicted molar refractivity (Wildman–Crippen MR) is 70.0 cm³/mol. The van der Waals surface area contributed by atoms with Gasteiger partial charge in [0.25, 0.3) is 0 Å². The van der Waals surface area contributed by atoms with E-state index in [0.717, 1.165) is 5.56 Å². The average Bonchev–Trinajstić information content (AvgIpc) is 2.29. The van der Waals surface area contributed by atoms with Crippen LogP contribution in [0, 0.1) is 6.92 Å². The summed E-state index contributed by atoms with van der Waals surface area (Å²) in [5, 5.41) is 0. The van der Waals surface area contributed by atoms with E-state index < -0.39 is 9.84 Å². The van der Waals surface area contributed by atoms with E-state index in [2.05, 4.69) is 0 Å². The van der Waals surface area contributed by atoms with Gasteiger partial charge in [0, 0.05) is 5.75 Å². The fourth-order valence-electron chi connectivity index (χ4n) is 1.37. The molecule has 0 atom stereocenters. The molecule has 0 amide bonds. The summed E-state index contributed by atoms with van der Waals surface area (Å²) in [7, 11) is -2.90. The molecule has 1 rings (SSSR count). The Kier molecular flexibility index (Phi) is 4.81. The van der Waals surface area contributed by atoms with Gasteiger partial charge < -0.3 is 10.5 Å². The molecule has 0 radical (unpaired) electrons.